The lowest BCUT2D eigenvalue weighted by Crippen LogP contribution is -2.41. The maximum Gasteiger partial charge on any atom is 0.311 e. The Balaban J connectivity index is 2.01. The number of hydrogen-bond acceptors (Lipinski definition) is 3. The molecule has 0 unspecified atom stereocenters. The van der Waals surface area contributed by atoms with E-state index in [1.54, 1.807) is 0 Å². The van der Waals surface area contributed by atoms with Crippen molar-refractivity contribution in [3.63, 3.8) is 0 Å². The highest BCUT2D eigenvalue weighted by molar-refractivity contribution is 6.32. The number of carbonyl (C=O) groups is 2. The average molecular weight is 272 g/mol. The molecule has 1 saturated carbocycles. The van der Waals surface area contributed by atoms with Crippen LogP contribution in [0.15, 0.2) is 16.7 Å². The standard InChI is InChI=1S/C12H14ClNO4/c13-9-8(3-6-18-9)10(15)14-7-12(11(16)17)4-1-2-5-12/h3,6H,1-2,4-5,7H2,(H,14,15)(H,16,17). The summed E-state index contributed by atoms with van der Waals surface area (Å²) in [5, 5.41) is 11.9. The van der Waals surface area contributed by atoms with Crippen LogP contribution in [0.1, 0.15) is 36.0 Å². The zero-order chi connectivity index (χ0) is 13.2. The predicted molar refractivity (Wildman–Crippen MR) is 64.6 cm³/mol. The first-order valence-corrected chi connectivity index (χ1v) is 6.17. The van der Waals surface area contributed by atoms with E-state index in [0.717, 1.165) is 12.8 Å². The van der Waals surface area contributed by atoms with Gasteiger partial charge in [0.15, 0.2) is 0 Å². The molecular formula is C12H14ClNO4. The van der Waals surface area contributed by atoms with Gasteiger partial charge < -0.3 is 14.8 Å². The maximum atomic E-state index is 11.8. The summed E-state index contributed by atoms with van der Waals surface area (Å²) in [6, 6.07) is 1.46. The summed E-state index contributed by atoms with van der Waals surface area (Å²) in [6.45, 7) is 0.128. The topological polar surface area (TPSA) is 79.5 Å². The number of carbonyl (C=O) groups excluding carboxylic acids is 1. The van der Waals surface area contributed by atoms with E-state index in [4.69, 9.17) is 16.0 Å². The van der Waals surface area contributed by atoms with Gasteiger partial charge in [-0.2, -0.15) is 0 Å². The second kappa shape index (κ2) is 5.02. The first-order valence-electron chi connectivity index (χ1n) is 5.80. The Morgan fingerprint density at radius 2 is 2.11 bits per heavy atom. The number of nitrogens with one attached hydrogen (secondary N) is 1. The summed E-state index contributed by atoms with van der Waals surface area (Å²) in [6.07, 6.45) is 4.28. The minimum absolute atomic E-state index is 0.0169. The van der Waals surface area contributed by atoms with Gasteiger partial charge in [0.2, 0.25) is 5.22 Å². The molecule has 2 N–H and O–H groups in total. The highest BCUT2D eigenvalue weighted by Crippen LogP contribution is 2.37. The lowest BCUT2D eigenvalue weighted by molar-refractivity contribution is -0.148. The van der Waals surface area contributed by atoms with Crippen molar-refractivity contribution in [2.75, 3.05) is 6.54 Å². The van der Waals surface area contributed by atoms with Crippen molar-refractivity contribution < 1.29 is 19.1 Å². The highest BCUT2D eigenvalue weighted by Gasteiger charge is 2.41. The van der Waals surface area contributed by atoms with Crippen LogP contribution in [0.25, 0.3) is 0 Å². The Labute approximate surface area is 109 Å². The zero-order valence-corrected chi connectivity index (χ0v) is 10.5. The normalized spacial score (nSPS) is 17.6. The molecule has 0 aliphatic heterocycles. The van der Waals surface area contributed by atoms with Crippen LogP contribution in [-0.2, 0) is 4.79 Å². The molecule has 5 nitrogen and oxygen atoms in total. The van der Waals surface area contributed by atoms with E-state index in [1.165, 1.54) is 12.3 Å². The van der Waals surface area contributed by atoms with E-state index in [1.807, 2.05) is 0 Å². The molecule has 1 heterocycles. The Morgan fingerprint density at radius 3 is 2.61 bits per heavy atom. The molecule has 0 radical (unpaired) electrons. The lowest BCUT2D eigenvalue weighted by Gasteiger charge is -2.23. The van der Waals surface area contributed by atoms with Gasteiger partial charge in [0.05, 0.1) is 17.2 Å². The Kier molecular flexibility index (Phi) is 3.61. The van der Waals surface area contributed by atoms with E-state index < -0.39 is 17.3 Å². The summed E-state index contributed by atoms with van der Waals surface area (Å²) in [7, 11) is 0. The second-order valence-electron chi connectivity index (χ2n) is 4.58. The molecular weight excluding hydrogens is 258 g/mol. The Morgan fingerprint density at radius 1 is 1.44 bits per heavy atom. The number of carboxylic acids is 1. The summed E-state index contributed by atoms with van der Waals surface area (Å²) >= 11 is 5.68. The number of carboxylic acid groups (broad SMARTS) is 1. The van der Waals surface area contributed by atoms with Crippen LogP contribution in [-0.4, -0.2) is 23.5 Å². The van der Waals surface area contributed by atoms with Gasteiger partial charge in [0.25, 0.3) is 5.91 Å². The van der Waals surface area contributed by atoms with Crippen molar-refractivity contribution in [2.45, 2.75) is 25.7 Å². The van der Waals surface area contributed by atoms with Crippen LogP contribution >= 0.6 is 11.6 Å². The van der Waals surface area contributed by atoms with E-state index in [2.05, 4.69) is 5.32 Å². The fraction of sp³-hybridized carbons (Fsp3) is 0.500. The summed E-state index contributed by atoms with van der Waals surface area (Å²) in [5.74, 6) is -1.25. The van der Waals surface area contributed by atoms with Crippen molar-refractivity contribution in [3.8, 4) is 0 Å². The smallest absolute Gasteiger partial charge is 0.311 e. The van der Waals surface area contributed by atoms with Gasteiger partial charge in [-0.3, -0.25) is 9.59 Å². The molecule has 18 heavy (non-hydrogen) atoms. The van der Waals surface area contributed by atoms with Gasteiger partial charge >= 0.3 is 5.97 Å². The van der Waals surface area contributed by atoms with Crippen molar-refractivity contribution >= 4 is 23.5 Å². The third-order valence-electron chi connectivity index (χ3n) is 3.46. The summed E-state index contributed by atoms with van der Waals surface area (Å²) < 4.78 is 4.82. The van der Waals surface area contributed by atoms with Crippen molar-refractivity contribution in [1.29, 1.82) is 0 Å². The zero-order valence-electron chi connectivity index (χ0n) is 9.74. The highest BCUT2D eigenvalue weighted by atomic mass is 35.5. The number of amides is 1. The van der Waals surface area contributed by atoms with Crippen LogP contribution in [0.5, 0.6) is 0 Å². The number of halogens is 1. The van der Waals surface area contributed by atoms with Crippen molar-refractivity contribution in [1.82, 2.24) is 5.32 Å². The first-order chi connectivity index (χ1) is 8.55. The quantitative estimate of drug-likeness (QED) is 0.881. The number of hydrogen-bond donors (Lipinski definition) is 2. The number of rotatable bonds is 4. The molecule has 1 aromatic rings. The molecule has 1 amide bonds. The average Bonchev–Trinajstić information content (AvgIpc) is 2.95. The predicted octanol–water partition coefficient (Wildman–Crippen LogP) is 2.31. The molecule has 0 atom stereocenters. The maximum absolute atomic E-state index is 11.8. The molecule has 2 rings (SSSR count). The third kappa shape index (κ3) is 2.36. The van der Waals surface area contributed by atoms with Gasteiger partial charge in [-0.05, 0) is 30.5 Å². The molecule has 1 aromatic heterocycles. The van der Waals surface area contributed by atoms with Crippen LogP contribution in [0.4, 0.5) is 0 Å². The third-order valence-corrected chi connectivity index (χ3v) is 3.76. The molecule has 1 fully saturated rings. The van der Waals surface area contributed by atoms with E-state index >= 15 is 0 Å². The fourth-order valence-corrected chi connectivity index (χ4v) is 2.52. The van der Waals surface area contributed by atoms with Crippen LogP contribution in [0.2, 0.25) is 5.22 Å². The first kappa shape index (κ1) is 13.0. The van der Waals surface area contributed by atoms with Gasteiger partial charge in [0, 0.05) is 6.54 Å². The van der Waals surface area contributed by atoms with Crippen LogP contribution < -0.4 is 5.32 Å². The van der Waals surface area contributed by atoms with Crippen molar-refractivity contribution in [3.05, 3.63) is 23.1 Å². The molecule has 0 saturated heterocycles. The molecule has 1 aliphatic carbocycles. The van der Waals surface area contributed by atoms with E-state index in [-0.39, 0.29) is 17.3 Å². The van der Waals surface area contributed by atoms with Gasteiger partial charge in [-0.25, -0.2) is 0 Å². The van der Waals surface area contributed by atoms with Gasteiger partial charge in [-0.1, -0.05) is 12.8 Å². The number of aliphatic carboxylic acids is 1. The van der Waals surface area contributed by atoms with Gasteiger partial charge in [-0.15, -0.1) is 0 Å². The summed E-state index contributed by atoms with van der Waals surface area (Å²) in [4.78, 5) is 23.1. The van der Waals surface area contributed by atoms with E-state index in [9.17, 15) is 14.7 Å². The molecule has 98 valence electrons. The molecule has 0 bridgehead atoms. The SMILES string of the molecule is O=C(NCC1(C(=O)O)CCCC1)c1ccoc1Cl. The molecule has 1 aliphatic rings. The Bertz CT molecular complexity index is 462. The van der Waals surface area contributed by atoms with E-state index in [0.29, 0.717) is 12.8 Å². The second-order valence-corrected chi connectivity index (χ2v) is 4.93. The van der Waals surface area contributed by atoms with Gasteiger partial charge in [0.1, 0.15) is 0 Å². The number of furan rings is 1. The molecule has 0 aromatic carbocycles. The largest absolute Gasteiger partial charge is 0.481 e. The molecule has 6 heteroatoms. The molecule has 0 spiro atoms. The van der Waals surface area contributed by atoms with Crippen LogP contribution in [0, 0.1) is 5.41 Å². The van der Waals surface area contributed by atoms with Crippen molar-refractivity contribution in [2.24, 2.45) is 5.41 Å². The van der Waals surface area contributed by atoms with Crippen LogP contribution in [0.3, 0.4) is 0 Å². The lowest BCUT2D eigenvalue weighted by atomic mass is 9.86. The minimum Gasteiger partial charge on any atom is -0.481 e. The minimum atomic E-state index is -0.849. The Hall–Kier alpha value is -1.49. The monoisotopic (exact) mass is 271 g/mol. The summed E-state index contributed by atoms with van der Waals surface area (Å²) in [5.41, 5.74) is -0.596. The fourth-order valence-electron chi connectivity index (χ4n) is 2.32.